The van der Waals surface area contributed by atoms with Crippen LogP contribution in [0.3, 0.4) is 0 Å². The van der Waals surface area contributed by atoms with E-state index in [1.165, 1.54) is 14.2 Å². The minimum absolute atomic E-state index is 0. The van der Waals surface area contributed by atoms with Crippen molar-refractivity contribution in [1.82, 2.24) is 10.6 Å². The molecular weight excluding hydrogens is 581 g/mol. The summed E-state index contributed by atoms with van der Waals surface area (Å²) in [7, 11) is 6.30. The predicted octanol–water partition coefficient (Wildman–Crippen LogP) is 3.67. The van der Waals surface area contributed by atoms with Crippen molar-refractivity contribution >= 4 is 23.7 Å². The third kappa shape index (κ3) is 11.6. The molecule has 2 N–H and O–H groups in total. The van der Waals surface area contributed by atoms with Crippen LogP contribution in [0.1, 0.15) is 25.0 Å². The van der Waals surface area contributed by atoms with E-state index in [1.54, 1.807) is 25.9 Å². The Labute approximate surface area is 257 Å². The monoisotopic (exact) mass is 622 g/mol. The van der Waals surface area contributed by atoms with Gasteiger partial charge in [-0.2, -0.15) is 0 Å². The van der Waals surface area contributed by atoms with Gasteiger partial charge in [0.05, 0.1) is 14.2 Å². The number of ether oxygens (including phenoxy) is 4. The number of esters is 2. The number of methoxy groups -OCH3 is 2. The van der Waals surface area contributed by atoms with E-state index in [4.69, 9.17) is 18.9 Å². The predicted molar refractivity (Wildman–Crippen MR) is 149 cm³/mol. The SMILES string of the molecule is CNC(C)(Cc1ccc(OCSC)cc1)C(=O)OC.[CH2-]COc1ccc(CC(C)(NC)C(=O)OC)cc1.[Y]. The largest absolute Gasteiger partial charge is 0.525 e. The summed E-state index contributed by atoms with van der Waals surface area (Å²) in [6.07, 6.45) is 3.11. The molecule has 1 radical (unpaired) electrons. The maximum absolute atomic E-state index is 11.8. The van der Waals surface area contributed by atoms with Crippen molar-refractivity contribution in [3.63, 3.8) is 0 Å². The molecule has 0 saturated heterocycles. The van der Waals surface area contributed by atoms with E-state index in [0.717, 1.165) is 22.6 Å². The molecule has 10 heteroatoms. The Balaban J connectivity index is 0.000000703. The molecule has 2 rings (SSSR count). The molecule has 0 aromatic heterocycles. The van der Waals surface area contributed by atoms with Crippen LogP contribution in [-0.2, 0) is 64.6 Å². The second-order valence-corrected chi connectivity index (χ2v) is 9.50. The first-order chi connectivity index (χ1) is 17.6. The van der Waals surface area contributed by atoms with Crippen molar-refractivity contribution in [3.05, 3.63) is 66.6 Å². The van der Waals surface area contributed by atoms with Crippen molar-refractivity contribution in [2.45, 2.75) is 37.8 Å². The molecule has 2 atom stereocenters. The first kappa shape index (κ1) is 36.4. The summed E-state index contributed by atoms with van der Waals surface area (Å²) in [5.74, 6) is 1.71. The Kier molecular flexibility index (Phi) is 17.8. The van der Waals surface area contributed by atoms with Gasteiger partial charge in [-0.1, -0.05) is 24.3 Å². The molecular formula is C28H41N2O6SY-. The van der Waals surface area contributed by atoms with Crippen LogP contribution in [0.5, 0.6) is 11.5 Å². The topological polar surface area (TPSA) is 95.1 Å². The molecule has 8 nitrogen and oxygen atoms in total. The van der Waals surface area contributed by atoms with Crippen LogP contribution in [0, 0.1) is 6.92 Å². The minimum Gasteiger partial charge on any atom is -0.525 e. The van der Waals surface area contributed by atoms with E-state index in [9.17, 15) is 9.59 Å². The maximum atomic E-state index is 11.8. The van der Waals surface area contributed by atoms with Crippen molar-refractivity contribution in [3.8, 4) is 11.5 Å². The van der Waals surface area contributed by atoms with Gasteiger partial charge in [-0.15, -0.1) is 11.8 Å². The van der Waals surface area contributed by atoms with E-state index in [-0.39, 0.29) is 44.6 Å². The van der Waals surface area contributed by atoms with Gasteiger partial charge in [-0.3, -0.25) is 9.59 Å². The average Bonchev–Trinajstić information content (AvgIpc) is 2.93. The van der Waals surface area contributed by atoms with Crippen LogP contribution in [0.25, 0.3) is 0 Å². The number of likely N-dealkylation sites (N-methyl/N-ethyl adjacent to an activating group) is 2. The number of benzene rings is 2. The molecule has 2 aromatic rings. The molecule has 0 saturated carbocycles. The molecule has 2 aromatic carbocycles. The van der Waals surface area contributed by atoms with Crippen molar-refractivity contribution in [1.29, 1.82) is 0 Å². The fraction of sp³-hybridized carbons (Fsp3) is 0.464. The molecule has 0 spiro atoms. The number of carbonyl (C=O) groups is 2. The zero-order chi connectivity index (χ0) is 27.9. The van der Waals surface area contributed by atoms with Gasteiger partial charge in [0.15, 0.2) is 0 Å². The van der Waals surface area contributed by atoms with E-state index >= 15 is 0 Å². The molecule has 38 heavy (non-hydrogen) atoms. The Hall–Kier alpha value is -1.65. The van der Waals surface area contributed by atoms with E-state index < -0.39 is 11.1 Å². The van der Waals surface area contributed by atoms with Crippen LogP contribution in [0.2, 0.25) is 0 Å². The standard InChI is InChI=1S/C14H21NO3S.C14H20NO3.Y/c1-14(15-2,13(16)17-3)9-11-5-7-12(8-6-11)18-10-19-4;1-5-18-12-8-6-11(7-9-12)10-14(2,15-3)13(16)17-4;/h5-8,15H,9-10H2,1-4H3;6-9,15H,1,5,10H2,2-4H3;/q;-1;. The zero-order valence-corrected chi connectivity index (χ0v) is 27.2. The number of rotatable bonds is 13. The third-order valence-electron chi connectivity index (χ3n) is 5.95. The van der Waals surface area contributed by atoms with Crippen LogP contribution in [0.15, 0.2) is 48.5 Å². The molecule has 0 aliphatic rings. The van der Waals surface area contributed by atoms with Gasteiger partial charge in [-0.05, 0) is 76.2 Å². The van der Waals surface area contributed by atoms with Gasteiger partial charge in [0, 0.05) is 45.6 Å². The van der Waals surface area contributed by atoms with Gasteiger partial charge in [0.2, 0.25) is 0 Å². The third-order valence-corrected chi connectivity index (χ3v) is 6.30. The Morgan fingerprint density at radius 1 is 0.789 bits per heavy atom. The second-order valence-electron chi connectivity index (χ2n) is 8.69. The van der Waals surface area contributed by atoms with Crippen LogP contribution in [-0.4, -0.2) is 70.1 Å². The molecule has 0 amide bonds. The number of carbonyl (C=O) groups excluding carboxylic acids is 2. The van der Waals surface area contributed by atoms with Crippen LogP contribution in [0.4, 0.5) is 0 Å². The number of hydrogen-bond acceptors (Lipinski definition) is 9. The summed E-state index contributed by atoms with van der Waals surface area (Å²) in [6.45, 7) is 7.66. The molecule has 0 aliphatic carbocycles. The molecule has 0 heterocycles. The summed E-state index contributed by atoms with van der Waals surface area (Å²) in [5.41, 5.74) is 0.659. The fourth-order valence-corrected chi connectivity index (χ4v) is 3.70. The van der Waals surface area contributed by atoms with Gasteiger partial charge in [0.1, 0.15) is 28.5 Å². The fourth-order valence-electron chi connectivity index (χ4n) is 3.44. The van der Waals surface area contributed by atoms with Gasteiger partial charge in [-0.25, -0.2) is 0 Å². The van der Waals surface area contributed by atoms with Gasteiger partial charge in [0.25, 0.3) is 0 Å². The second kappa shape index (κ2) is 18.6. The van der Waals surface area contributed by atoms with Crippen LogP contribution >= 0.6 is 11.8 Å². The molecule has 0 bridgehead atoms. The maximum Gasteiger partial charge on any atom is 0.326 e. The van der Waals surface area contributed by atoms with E-state index in [2.05, 4.69) is 17.6 Å². The number of thioether (sulfide) groups is 1. The van der Waals surface area contributed by atoms with E-state index in [0.29, 0.717) is 25.4 Å². The quantitative estimate of drug-likeness (QED) is 0.197. The molecule has 2 unspecified atom stereocenters. The summed E-state index contributed by atoms with van der Waals surface area (Å²) in [6, 6.07) is 15.4. The summed E-state index contributed by atoms with van der Waals surface area (Å²) in [5, 5.41) is 6.02. The Morgan fingerprint density at radius 2 is 1.16 bits per heavy atom. The van der Waals surface area contributed by atoms with Crippen molar-refractivity contribution in [2.24, 2.45) is 0 Å². The summed E-state index contributed by atoms with van der Waals surface area (Å²) >= 11 is 1.63. The summed E-state index contributed by atoms with van der Waals surface area (Å²) in [4.78, 5) is 23.5. The van der Waals surface area contributed by atoms with Crippen molar-refractivity contribution in [2.75, 3.05) is 47.1 Å². The normalized spacial score (nSPS) is 13.4. The molecule has 0 fully saturated rings. The van der Waals surface area contributed by atoms with Gasteiger partial charge < -0.3 is 36.5 Å². The molecule has 0 aliphatic heterocycles. The zero-order valence-electron chi connectivity index (χ0n) is 23.6. The molecule has 209 valence electrons. The Morgan fingerprint density at radius 3 is 1.45 bits per heavy atom. The average molecular weight is 623 g/mol. The first-order valence-corrected chi connectivity index (χ1v) is 13.3. The smallest absolute Gasteiger partial charge is 0.326 e. The van der Waals surface area contributed by atoms with Gasteiger partial charge >= 0.3 is 11.9 Å². The minimum atomic E-state index is -0.719. The first-order valence-electron chi connectivity index (χ1n) is 11.9. The summed E-state index contributed by atoms with van der Waals surface area (Å²) < 4.78 is 20.4. The van der Waals surface area contributed by atoms with E-state index in [1.807, 2.05) is 68.6 Å². The Bertz CT molecular complexity index is 961. The van der Waals surface area contributed by atoms with Crippen molar-refractivity contribution < 1.29 is 61.2 Å². The number of nitrogens with one attached hydrogen (secondary N) is 2. The van der Waals surface area contributed by atoms with Crippen LogP contribution < -0.4 is 20.1 Å². The number of hydrogen-bond donors (Lipinski definition) is 2.